The van der Waals surface area contributed by atoms with Gasteiger partial charge in [-0.1, -0.05) is 60.7 Å². The van der Waals surface area contributed by atoms with Crippen molar-refractivity contribution in [2.24, 2.45) is 5.73 Å². The Labute approximate surface area is 207 Å². The Balaban J connectivity index is 1.35. The third-order valence-electron chi connectivity index (χ3n) is 6.55. The molecule has 2 aliphatic rings. The normalized spacial score (nSPS) is 26.0. The molecule has 36 heavy (non-hydrogen) atoms. The smallest absolute Gasteiger partial charge is 0.166 e. The molecule has 0 saturated carbocycles. The minimum atomic E-state index is -0.798. The number of imidazole rings is 1. The van der Waals surface area contributed by atoms with Gasteiger partial charge in [0.15, 0.2) is 17.7 Å². The highest BCUT2D eigenvalue weighted by molar-refractivity contribution is 5.74. The van der Waals surface area contributed by atoms with Crippen LogP contribution in [0.3, 0.4) is 0 Å². The van der Waals surface area contributed by atoms with Gasteiger partial charge >= 0.3 is 0 Å². The zero-order valence-electron chi connectivity index (χ0n) is 19.9. The molecule has 2 fully saturated rings. The van der Waals surface area contributed by atoms with Crippen LogP contribution in [0, 0.1) is 5.82 Å². The van der Waals surface area contributed by atoms with Gasteiger partial charge in [0.25, 0.3) is 0 Å². The summed E-state index contributed by atoms with van der Waals surface area (Å²) in [7, 11) is 0. The maximum Gasteiger partial charge on any atom is 0.166 e. The fourth-order valence-electron chi connectivity index (χ4n) is 4.90. The molecule has 9 heteroatoms. The van der Waals surface area contributed by atoms with Crippen LogP contribution in [0.2, 0.25) is 0 Å². The first kappa shape index (κ1) is 22.9. The molecular formula is C27H26FN5O3. The molecule has 0 bridgehead atoms. The van der Waals surface area contributed by atoms with E-state index in [1.165, 1.54) is 12.4 Å². The Bertz CT molecular complexity index is 1420. The fourth-order valence-corrected chi connectivity index (χ4v) is 4.90. The van der Waals surface area contributed by atoms with Gasteiger partial charge in [0.2, 0.25) is 0 Å². The van der Waals surface area contributed by atoms with Gasteiger partial charge in [0.1, 0.15) is 36.0 Å². The first-order chi connectivity index (χ1) is 17.4. The van der Waals surface area contributed by atoms with Gasteiger partial charge in [0.05, 0.1) is 18.1 Å². The summed E-state index contributed by atoms with van der Waals surface area (Å²) in [6, 6.07) is 15.9. The molecule has 2 aliphatic heterocycles. The lowest BCUT2D eigenvalue weighted by Gasteiger charge is -2.24. The van der Waals surface area contributed by atoms with Gasteiger partial charge in [-0.3, -0.25) is 4.57 Å². The predicted octanol–water partition coefficient (Wildman–Crippen LogP) is 4.14. The maximum absolute atomic E-state index is 14.2. The summed E-state index contributed by atoms with van der Waals surface area (Å²) >= 11 is 0. The van der Waals surface area contributed by atoms with E-state index in [4.69, 9.17) is 19.9 Å². The second-order valence-electron chi connectivity index (χ2n) is 9.41. The summed E-state index contributed by atoms with van der Waals surface area (Å²) in [5.41, 5.74) is 9.74. The van der Waals surface area contributed by atoms with E-state index in [9.17, 15) is 4.39 Å². The number of hydrogen-bond donors (Lipinski definition) is 1. The highest BCUT2D eigenvalue weighted by atomic mass is 19.1. The number of nitrogens with two attached hydrogens (primary N) is 1. The van der Waals surface area contributed by atoms with E-state index < -0.39 is 36.4 Å². The van der Waals surface area contributed by atoms with E-state index in [0.717, 1.165) is 5.56 Å². The van der Waals surface area contributed by atoms with Gasteiger partial charge in [-0.2, -0.15) is 0 Å². The molecule has 184 valence electrons. The van der Waals surface area contributed by atoms with Crippen LogP contribution in [0.1, 0.15) is 42.9 Å². The second-order valence-corrected chi connectivity index (χ2v) is 9.41. The van der Waals surface area contributed by atoms with Crippen LogP contribution >= 0.6 is 0 Å². The Hall–Kier alpha value is -3.50. The van der Waals surface area contributed by atoms with Crippen LogP contribution in [0.4, 0.5) is 4.39 Å². The monoisotopic (exact) mass is 487 g/mol. The van der Waals surface area contributed by atoms with E-state index in [-0.39, 0.29) is 5.82 Å². The first-order valence-corrected chi connectivity index (χ1v) is 11.8. The van der Waals surface area contributed by atoms with Crippen molar-refractivity contribution < 1.29 is 18.6 Å². The number of fused-ring (bicyclic) bond motifs is 2. The van der Waals surface area contributed by atoms with Crippen molar-refractivity contribution in [1.82, 2.24) is 19.5 Å². The van der Waals surface area contributed by atoms with Crippen molar-refractivity contribution in [2.45, 2.75) is 50.2 Å². The van der Waals surface area contributed by atoms with Crippen LogP contribution in [-0.2, 0) is 14.2 Å². The van der Waals surface area contributed by atoms with Gasteiger partial charge < -0.3 is 19.9 Å². The summed E-state index contributed by atoms with van der Waals surface area (Å²) in [5, 5.41) is 0. The first-order valence-electron chi connectivity index (χ1n) is 11.8. The molecule has 0 aliphatic carbocycles. The number of hydrogen-bond acceptors (Lipinski definition) is 7. The zero-order valence-corrected chi connectivity index (χ0v) is 19.9. The highest BCUT2D eigenvalue weighted by Crippen LogP contribution is 2.44. The third kappa shape index (κ3) is 4.00. The number of halogens is 1. The van der Waals surface area contributed by atoms with Crippen LogP contribution in [0.5, 0.6) is 0 Å². The molecule has 0 amide bonds. The Morgan fingerprint density at radius 1 is 1.00 bits per heavy atom. The Kier molecular flexibility index (Phi) is 5.65. The molecule has 8 nitrogen and oxygen atoms in total. The van der Waals surface area contributed by atoms with E-state index in [1.54, 1.807) is 30.6 Å². The number of ether oxygens (including phenoxy) is 3. The van der Waals surface area contributed by atoms with Crippen molar-refractivity contribution in [3.63, 3.8) is 0 Å². The van der Waals surface area contributed by atoms with Crippen molar-refractivity contribution in [2.75, 3.05) is 0 Å². The summed E-state index contributed by atoms with van der Waals surface area (Å²) in [5.74, 6) is -1.10. The van der Waals surface area contributed by atoms with Crippen LogP contribution < -0.4 is 5.73 Å². The lowest BCUT2D eigenvalue weighted by atomic mass is 10.0. The maximum atomic E-state index is 14.2. The second kappa shape index (κ2) is 8.86. The van der Waals surface area contributed by atoms with E-state index >= 15 is 0 Å². The quantitative estimate of drug-likeness (QED) is 0.452. The molecule has 2 N–H and O–H groups in total. The topological polar surface area (TPSA) is 97.3 Å². The molecule has 4 aromatic rings. The number of aromatic nitrogens is 4. The number of nitrogens with zero attached hydrogens (tertiary/aromatic N) is 4. The third-order valence-corrected chi connectivity index (χ3v) is 6.55. The molecule has 2 aromatic heterocycles. The number of rotatable bonds is 5. The average molecular weight is 488 g/mol. The van der Waals surface area contributed by atoms with E-state index in [2.05, 4.69) is 15.0 Å². The molecule has 6 rings (SSSR count). The van der Waals surface area contributed by atoms with Gasteiger partial charge in [-0.25, -0.2) is 19.3 Å². The standard InChI is InChI=1S/C27H26FN5O3/c1-27(2)35-23-19(13-12-16-8-6-7-11-18(16)28)34-26(24(23)36-27)33-15-32-22-21(30-14-31-25(22)33)20(29)17-9-4-3-5-10-17/h3-15,19-20,23-24,26H,29H2,1-2H3/t19-,20?,23-,24-,26-/m1/s1. The number of benzene rings is 2. The van der Waals surface area contributed by atoms with Crippen molar-refractivity contribution >= 4 is 17.2 Å². The SMILES string of the molecule is CC1(C)O[C@@H]2[C@H](O1)[C@@H](C=Cc1ccccc1F)O[C@H]2n1cnc2c(C(N)c3ccccc3)ncnc21. The van der Waals surface area contributed by atoms with Crippen LogP contribution in [0.15, 0.2) is 73.3 Å². The lowest BCUT2D eigenvalue weighted by Crippen LogP contribution is -2.28. The largest absolute Gasteiger partial charge is 0.345 e. The molecule has 0 radical (unpaired) electrons. The van der Waals surface area contributed by atoms with E-state index in [1.807, 2.05) is 54.8 Å². The van der Waals surface area contributed by atoms with Crippen LogP contribution in [0.25, 0.3) is 17.2 Å². The molecule has 5 atom stereocenters. The highest BCUT2D eigenvalue weighted by Gasteiger charge is 2.55. The molecule has 4 heterocycles. The predicted molar refractivity (Wildman–Crippen MR) is 131 cm³/mol. The van der Waals surface area contributed by atoms with Crippen LogP contribution in [-0.4, -0.2) is 43.6 Å². The molecule has 2 saturated heterocycles. The summed E-state index contributed by atoms with van der Waals surface area (Å²) in [6.45, 7) is 3.73. The Morgan fingerprint density at radius 2 is 1.75 bits per heavy atom. The van der Waals surface area contributed by atoms with Gasteiger partial charge in [-0.05, 0) is 25.5 Å². The van der Waals surface area contributed by atoms with Crippen molar-refractivity contribution in [3.05, 3.63) is 96.0 Å². The zero-order chi connectivity index (χ0) is 24.9. The van der Waals surface area contributed by atoms with Crippen molar-refractivity contribution in [1.29, 1.82) is 0 Å². The van der Waals surface area contributed by atoms with E-state index in [0.29, 0.717) is 22.4 Å². The Morgan fingerprint density at radius 3 is 2.56 bits per heavy atom. The molecule has 1 unspecified atom stereocenters. The summed E-state index contributed by atoms with van der Waals surface area (Å²) in [6.07, 6.45) is 4.83. The molecule has 0 spiro atoms. The summed E-state index contributed by atoms with van der Waals surface area (Å²) in [4.78, 5) is 13.5. The van der Waals surface area contributed by atoms with Crippen molar-refractivity contribution in [3.8, 4) is 0 Å². The average Bonchev–Trinajstić information content (AvgIpc) is 3.54. The molecule has 2 aromatic carbocycles. The molecular weight excluding hydrogens is 461 g/mol. The summed E-state index contributed by atoms with van der Waals surface area (Å²) < 4.78 is 34.8. The minimum Gasteiger partial charge on any atom is -0.345 e. The minimum absolute atomic E-state index is 0.302. The van der Waals surface area contributed by atoms with Gasteiger partial charge in [-0.15, -0.1) is 0 Å². The van der Waals surface area contributed by atoms with Gasteiger partial charge in [0, 0.05) is 5.56 Å². The fraction of sp³-hybridized carbons (Fsp3) is 0.296. The lowest BCUT2D eigenvalue weighted by molar-refractivity contribution is -0.191.